The van der Waals surface area contributed by atoms with E-state index < -0.39 is 0 Å². The van der Waals surface area contributed by atoms with Crippen LogP contribution in [0.25, 0.3) is 17.2 Å². The summed E-state index contributed by atoms with van der Waals surface area (Å²) in [4.78, 5) is 29.0. The number of carbonyl (C=O) groups excluding carboxylic acids is 1. The topological polar surface area (TPSA) is 76.8 Å². The molecule has 1 amide bonds. The molecule has 0 radical (unpaired) electrons. The van der Waals surface area contributed by atoms with Crippen molar-refractivity contribution in [3.05, 3.63) is 75.1 Å². The van der Waals surface area contributed by atoms with Gasteiger partial charge < -0.3 is 4.90 Å². The van der Waals surface area contributed by atoms with E-state index in [1.807, 2.05) is 38.4 Å². The summed E-state index contributed by atoms with van der Waals surface area (Å²) in [5, 5.41) is 7.40. The molecular formula is C25H26N6OS. The molecule has 4 aromatic rings. The number of fused-ring (bicyclic) bond motifs is 3. The Balaban J connectivity index is 1.48. The lowest BCUT2D eigenvalue weighted by Crippen LogP contribution is -2.30. The van der Waals surface area contributed by atoms with E-state index in [9.17, 15) is 4.79 Å². The number of aryl methyl sites for hydroxylation is 3. The SMILES string of the molecule is Cc1csc([C@H](C)N(C)C(=O)c2cnn(-c3ncc4c(n3)-c3ccccc3CCC4)c2C)n1. The van der Waals surface area contributed by atoms with Crippen LogP contribution in [0.3, 0.4) is 0 Å². The van der Waals surface area contributed by atoms with E-state index >= 15 is 0 Å². The Morgan fingerprint density at radius 1 is 1.12 bits per heavy atom. The van der Waals surface area contributed by atoms with Crippen molar-refractivity contribution in [1.29, 1.82) is 0 Å². The second-order valence-corrected chi connectivity index (χ2v) is 9.42. The van der Waals surface area contributed by atoms with Crippen LogP contribution in [0.2, 0.25) is 0 Å². The first-order chi connectivity index (χ1) is 15.9. The van der Waals surface area contributed by atoms with Gasteiger partial charge in [-0.15, -0.1) is 11.3 Å². The molecular weight excluding hydrogens is 432 g/mol. The fourth-order valence-electron chi connectivity index (χ4n) is 4.27. The van der Waals surface area contributed by atoms with Gasteiger partial charge in [-0.2, -0.15) is 5.10 Å². The van der Waals surface area contributed by atoms with Gasteiger partial charge in [-0.1, -0.05) is 24.3 Å². The van der Waals surface area contributed by atoms with Gasteiger partial charge in [0.1, 0.15) is 5.01 Å². The van der Waals surface area contributed by atoms with E-state index in [1.165, 1.54) is 5.56 Å². The normalized spacial score (nSPS) is 13.7. The van der Waals surface area contributed by atoms with Crippen LogP contribution >= 0.6 is 11.3 Å². The van der Waals surface area contributed by atoms with Crippen LogP contribution in [0.15, 0.2) is 42.0 Å². The molecule has 33 heavy (non-hydrogen) atoms. The molecule has 7 nitrogen and oxygen atoms in total. The summed E-state index contributed by atoms with van der Waals surface area (Å²) in [7, 11) is 1.80. The zero-order valence-corrected chi connectivity index (χ0v) is 20.1. The van der Waals surface area contributed by atoms with Gasteiger partial charge in [0.2, 0.25) is 0 Å². The van der Waals surface area contributed by atoms with Gasteiger partial charge in [-0.05, 0) is 51.2 Å². The number of aromatic nitrogens is 5. The van der Waals surface area contributed by atoms with Gasteiger partial charge in [-0.3, -0.25) is 4.79 Å². The first-order valence-corrected chi connectivity index (χ1v) is 12.0. The van der Waals surface area contributed by atoms with Crippen LogP contribution in [-0.2, 0) is 12.8 Å². The second kappa shape index (κ2) is 8.51. The molecule has 0 N–H and O–H groups in total. The fourth-order valence-corrected chi connectivity index (χ4v) is 5.17. The van der Waals surface area contributed by atoms with E-state index in [4.69, 9.17) is 4.98 Å². The second-order valence-electron chi connectivity index (χ2n) is 8.53. The van der Waals surface area contributed by atoms with Crippen LogP contribution in [0.4, 0.5) is 0 Å². The Labute approximate surface area is 197 Å². The van der Waals surface area contributed by atoms with E-state index in [0.29, 0.717) is 11.5 Å². The number of thiazole rings is 1. The molecule has 0 aliphatic heterocycles. The minimum atomic E-state index is -0.126. The highest BCUT2D eigenvalue weighted by Gasteiger charge is 2.25. The highest BCUT2D eigenvalue weighted by molar-refractivity contribution is 7.09. The molecule has 0 unspecified atom stereocenters. The Bertz CT molecular complexity index is 1340. The highest BCUT2D eigenvalue weighted by Crippen LogP contribution is 2.31. The molecule has 1 aliphatic carbocycles. The van der Waals surface area contributed by atoms with Gasteiger partial charge in [0.05, 0.1) is 29.2 Å². The molecule has 1 aromatic carbocycles. The van der Waals surface area contributed by atoms with E-state index in [1.54, 1.807) is 34.2 Å². The molecule has 168 valence electrons. The standard InChI is InChI=1S/C25H26N6OS/c1-15-14-33-23(28-15)17(3)30(4)24(32)21-13-27-31(16(21)2)25-26-12-19-10-7-9-18-8-5-6-11-20(18)22(19)29-25/h5-6,8,11-14,17H,7,9-10H2,1-4H3/t17-/m0/s1. The number of rotatable bonds is 4. The van der Waals surface area contributed by atoms with Crippen molar-refractivity contribution in [2.75, 3.05) is 7.05 Å². The van der Waals surface area contributed by atoms with Crippen LogP contribution in [-0.4, -0.2) is 42.6 Å². The van der Waals surface area contributed by atoms with Crippen molar-refractivity contribution >= 4 is 17.2 Å². The lowest BCUT2D eigenvalue weighted by atomic mass is 10.0. The number of amides is 1. The molecule has 0 saturated heterocycles. The lowest BCUT2D eigenvalue weighted by Gasteiger charge is -2.23. The van der Waals surface area contributed by atoms with Gasteiger partial charge in [0.25, 0.3) is 11.9 Å². The smallest absolute Gasteiger partial charge is 0.257 e. The summed E-state index contributed by atoms with van der Waals surface area (Å²) < 4.78 is 1.66. The first-order valence-electron chi connectivity index (χ1n) is 11.1. The Hall–Kier alpha value is -3.39. The Kier molecular flexibility index (Phi) is 5.54. The van der Waals surface area contributed by atoms with Gasteiger partial charge in [-0.25, -0.2) is 19.6 Å². The molecule has 8 heteroatoms. The molecule has 3 aromatic heterocycles. The third kappa shape index (κ3) is 3.84. The Morgan fingerprint density at radius 2 is 1.91 bits per heavy atom. The number of nitrogens with zero attached hydrogens (tertiary/aromatic N) is 6. The molecule has 1 atom stereocenters. The maximum absolute atomic E-state index is 13.3. The molecule has 0 spiro atoms. The molecule has 0 saturated carbocycles. The van der Waals surface area contributed by atoms with Gasteiger partial charge in [0.15, 0.2) is 0 Å². The van der Waals surface area contributed by atoms with Crippen LogP contribution < -0.4 is 0 Å². The summed E-state index contributed by atoms with van der Waals surface area (Å²) in [6, 6.07) is 8.29. The number of carbonyl (C=O) groups is 1. The predicted molar refractivity (Wildman–Crippen MR) is 129 cm³/mol. The average Bonchev–Trinajstić information content (AvgIpc) is 3.38. The van der Waals surface area contributed by atoms with Crippen molar-refractivity contribution in [2.45, 2.75) is 46.1 Å². The van der Waals surface area contributed by atoms with E-state index in [2.05, 4.69) is 33.3 Å². The van der Waals surface area contributed by atoms with Crippen LogP contribution in [0.5, 0.6) is 0 Å². The zero-order chi connectivity index (χ0) is 23.1. The summed E-state index contributed by atoms with van der Waals surface area (Å²) in [6.07, 6.45) is 6.57. The molecule has 0 bridgehead atoms. The maximum atomic E-state index is 13.3. The third-order valence-corrected chi connectivity index (χ3v) is 7.47. The summed E-state index contributed by atoms with van der Waals surface area (Å²) in [5.74, 6) is 0.382. The molecule has 5 rings (SSSR count). The van der Waals surface area contributed by atoms with Crippen LogP contribution in [0, 0.1) is 13.8 Å². The van der Waals surface area contributed by atoms with Crippen molar-refractivity contribution in [2.24, 2.45) is 0 Å². The van der Waals surface area contributed by atoms with Crippen molar-refractivity contribution in [1.82, 2.24) is 29.6 Å². The first kappa shape index (κ1) is 21.5. The Morgan fingerprint density at radius 3 is 2.70 bits per heavy atom. The van der Waals surface area contributed by atoms with E-state index in [0.717, 1.165) is 52.5 Å². The number of benzene rings is 1. The third-order valence-electron chi connectivity index (χ3n) is 6.34. The fraction of sp³-hybridized carbons (Fsp3) is 0.320. The largest absolute Gasteiger partial charge is 0.332 e. The summed E-state index contributed by atoms with van der Waals surface area (Å²) in [6.45, 7) is 5.83. The van der Waals surface area contributed by atoms with Crippen LogP contribution in [0.1, 0.15) is 57.3 Å². The monoisotopic (exact) mass is 458 g/mol. The predicted octanol–water partition coefficient (Wildman–Crippen LogP) is 4.72. The minimum Gasteiger partial charge on any atom is -0.332 e. The number of hydrogen-bond donors (Lipinski definition) is 0. The quantitative estimate of drug-likeness (QED) is 0.442. The summed E-state index contributed by atoms with van der Waals surface area (Å²) in [5.41, 5.74) is 6.79. The van der Waals surface area contributed by atoms with Gasteiger partial charge in [0, 0.05) is 29.9 Å². The summed E-state index contributed by atoms with van der Waals surface area (Å²) >= 11 is 1.57. The van der Waals surface area contributed by atoms with Crippen molar-refractivity contribution < 1.29 is 4.79 Å². The average molecular weight is 459 g/mol. The zero-order valence-electron chi connectivity index (χ0n) is 19.2. The minimum absolute atomic E-state index is 0.0980. The van der Waals surface area contributed by atoms with E-state index in [-0.39, 0.29) is 11.9 Å². The maximum Gasteiger partial charge on any atom is 0.257 e. The number of hydrogen-bond acceptors (Lipinski definition) is 6. The molecule has 3 heterocycles. The van der Waals surface area contributed by atoms with Crippen molar-refractivity contribution in [3.8, 4) is 17.2 Å². The molecule has 0 fully saturated rings. The molecule has 1 aliphatic rings. The highest BCUT2D eigenvalue weighted by atomic mass is 32.1. The lowest BCUT2D eigenvalue weighted by molar-refractivity contribution is 0.0741. The van der Waals surface area contributed by atoms with Crippen molar-refractivity contribution in [3.63, 3.8) is 0 Å². The van der Waals surface area contributed by atoms with Gasteiger partial charge >= 0.3 is 0 Å².